The lowest BCUT2D eigenvalue weighted by molar-refractivity contribution is 0.190. The Morgan fingerprint density at radius 2 is 1.78 bits per heavy atom. The summed E-state index contributed by atoms with van der Waals surface area (Å²) in [6.45, 7) is 7.43. The molecule has 1 aromatic carbocycles. The van der Waals surface area contributed by atoms with Crippen molar-refractivity contribution in [2.24, 2.45) is 5.73 Å². The van der Waals surface area contributed by atoms with Gasteiger partial charge in [0.2, 0.25) is 0 Å². The van der Waals surface area contributed by atoms with Crippen LogP contribution < -0.4 is 10.6 Å². The highest BCUT2D eigenvalue weighted by Gasteiger charge is 2.20. The lowest BCUT2D eigenvalue weighted by Crippen LogP contribution is -2.50. The highest BCUT2D eigenvalue weighted by molar-refractivity contribution is 6.30. The second-order valence-corrected chi connectivity index (χ2v) is 5.36. The first-order valence-corrected chi connectivity index (χ1v) is 7.03. The number of piperazine rings is 1. The molecule has 1 atom stereocenters. The van der Waals surface area contributed by atoms with Crippen LogP contribution in [0.25, 0.3) is 0 Å². The van der Waals surface area contributed by atoms with Gasteiger partial charge in [-0.15, -0.1) is 0 Å². The highest BCUT2D eigenvalue weighted by atomic mass is 35.5. The molecule has 0 bridgehead atoms. The Kier molecular flexibility index (Phi) is 4.87. The molecule has 0 radical (unpaired) electrons. The maximum absolute atomic E-state index is 5.91. The number of rotatable bonds is 4. The van der Waals surface area contributed by atoms with Gasteiger partial charge in [0.1, 0.15) is 0 Å². The van der Waals surface area contributed by atoms with Crippen molar-refractivity contribution < 1.29 is 0 Å². The zero-order chi connectivity index (χ0) is 13.0. The van der Waals surface area contributed by atoms with Crippen molar-refractivity contribution in [2.45, 2.75) is 19.4 Å². The van der Waals surface area contributed by atoms with Crippen LogP contribution in [-0.2, 0) is 0 Å². The molecule has 1 aliphatic heterocycles. The molecule has 18 heavy (non-hydrogen) atoms. The Bertz CT molecular complexity index is 358. The van der Waals surface area contributed by atoms with Crippen LogP contribution in [0.15, 0.2) is 24.3 Å². The molecule has 100 valence electrons. The van der Waals surface area contributed by atoms with E-state index in [-0.39, 0.29) is 0 Å². The largest absolute Gasteiger partial charge is 0.369 e. The molecule has 3 nitrogen and oxygen atoms in total. The number of anilines is 1. The van der Waals surface area contributed by atoms with Gasteiger partial charge in [-0.3, -0.25) is 4.90 Å². The molecule has 4 heteroatoms. The molecule has 1 fully saturated rings. The third kappa shape index (κ3) is 3.37. The Hall–Kier alpha value is -0.770. The summed E-state index contributed by atoms with van der Waals surface area (Å²) in [7, 11) is 0. The molecule has 1 aliphatic rings. The first kappa shape index (κ1) is 13.7. The van der Waals surface area contributed by atoms with Gasteiger partial charge in [0, 0.05) is 42.9 Å². The minimum absolute atomic E-state index is 0.599. The molecular weight excluding hydrogens is 246 g/mol. The van der Waals surface area contributed by atoms with E-state index in [9.17, 15) is 0 Å². The van der Waals surface area contributed by atoms with Crippen LogP contribution in [0.2, 0.25) is 5.02 Å². The van der Waals surface area contributed by atoms with Crippen LogP contribution in [0.4, 0.5) is 5.69 Å². The van der Waals surface area contributed by atoms with Gasteiger partial charge in [-0.05, 0) is 44.2 Å². The number of hydrogen-bond acceptors (Lipinski definition) is 3. The summed E-state index contributed by atoms with van der Waals surface area (Å²) in [5.41, 5.74) is 6.89. The molecule has 1 heterocycles. The smallest absolute Gasteiger partial charge is 0.0407 e. The quantitative estimate of drug-likeness (QED) is 0.908. The van der Waals surface area contributed by atoms with Crippen molar-refractivity contribution in [1.29, 1.82) is 0 Å². The fourth-order valence-corrected chi connectivity index (χ4v) is 2.62. The lowest BCUT2D eigenvalue weighted by atomic mass is 10.1. The van der Waals surface area contributed by atoms with Gasteiger partial charge in [-0.2, -0.15) is 0 Å². The van der Waals surface area contributed by atoms with Gasteiger partial charge >= 0.3 is 0 Å². The van der Waals surface area contributed by atoms with Gasteiger partial charge in [-0.25, -0.2) is 0 Å². The fourth-order valence-electron chi connectivity index (χ4n) is 2.50. The first-order valence-electron chi connectivity index (χ1n) is 6.65. The van der Waals surface area contributed by atoms with Crippen LogP contribution >= 0.6 is 11.6 Å². The summed E-state index contributed by atoms with van der Waals surface area (Å²) in [6, 6.07) is 8.71. The predicted octanol–water partition coefficient (Wildman–Crippen LogP) is 2.20. The van der Waals surface area contributed by atoms with E-state index in [4.69, 9.17) is 17.3 Å². The summed E-state index contributed by atoms with van der Waals surface area (Å²) >= 11 is 5.91. The van der Waals surface area contributed by atoms with Crippen LogP contribution in [0, 0.1) is 0 Å². The topological polar surface area (TPSA) is 32.5 Å². The number of benzene rings is 1. The van der Waals surface area contributed by atoms with Crippen LogP contribution in [0.3, 0.4) is 0 Å². The molecule has 0 aliphatic carbocycles. The summed E-state index contributed by atoms with van der Waals surface area (Å²) in [5.74, 6) is 0. The van der Waals surface area contributed by atoms with E-state index in [0.717, 1.165) is 44.2 Å². The number of nitrogens with zero attached hydrogens (tertiary/aromatic N) is 2. The Labute approximate surface area is 115 Å². The van der Waals surface area contributed by atoms with E-state index < -0.39 is 0 Å². The fraction of sp³-hybridized carbons (Fsp3) is 0.571. The number of hydrogen-bond donors (Lipinski definition) is 1. The van der Waals surface area contributed by atoms with Crippen molar-refractivity contribution >= 4 is 17.3 Å². The van der Waals surface area contributed by atoms with E-state index in [1.807, 2.05) is 12.1 Å². The second kappa shape index (κ2) is 6.41. The highest BCUT2D eigenvalue weighted by Crippen LogP contribution is 2.20. The predicted molar refractivity (Wildman–Crippen MR) is 78.4 cm³/mol. The van der Waals surface area contributed by atoms with E-state index >= 15 is 0 Å². The molecule has 1 aromatic rings. The maximum atomic E-state index is 5.91. The molecule has 2 rings (SSSR count). The van der Waals surface area contributed by atoms with Crippen LogP contribution in [-0.4, -0.2) is 43.7 Å². The maximum Gasteiger partial charge on any atom is 0.0407 e. The van der Waals surface area contributed by atoms with Crippen LogP contribution in [0.5, 0.6) is 0 Å². The lowest BCUT2D eigenvalue weighted by Gasteiger charge is -2.39. The van der Waals surface area contributed by atoms with Gasteiger partial charge in [-0.1, -0.05) is 11.6 Å². The Morgan fingerprint density at radius 3 is 2.33 bits per heavy atom. The SMILES string of the molecule is CC(CCN)N1CCN(c2ccc(Cl)cc2)CC1. The molecule has 0 spiro atoms. The van der Waals surface area contributed by atoms with E-state index in [1.165, 1.54) is 5.69 Å². The third-order valence-corrected chi connectivity index (χ3v) is 3.97. The molecule has 1 unspecified atom stereocenters. The Morgan fingerprint density at radius 1 is 1.17 bits per heavy atom. The van der Waals surface area contributed by atoms with E-state index in [2.05, 4.69) is 28.9 Å². The van der Waals surface area contributed by atoms with Crippen molar-refractivity contribution in [3.63, 3.8) is 0 Å². The minimum atomic E-state index is 0.599. The summed E-state index contributed by atoms with van der Waals surface area (Å²) in [6.07, 6.45) is 1.08. The van der Waals surface area contributed by atoms with E-state index in [1.54, 1.807) is 0 Å². The molecular formula is C14H22ClN3. The van der Waals surface area contributed by atoms with Gasteiger partial charge in [0.25, 0.3) is 0 Å². The van der Waals surface area contributed by atoms with Crippen LogP contribution in [0.1, 0.15) is 13.3 Å². The van der Waals surface area contributed by atoms with E-state index in [0.29, 0.717) is 6.04 Å². The number of nitrogens with two attached hydrogens (primary N) is 1. The Balaban J connectivity index is 1.88. The third-order valence-electron chi connectivity index (χ3n) is 3.71. The van der Waals surface area contributed by atoms with Gasteiger partial charge in [0.05, 0.1) is 0 Å². The van der Waals surface area contributed by atoms with Crippen molar-refractivity contribution in [1.82, 2.24) is 4.90 Å². The zero-order valence-corrected chi connectivity index (χ0v) is 11.7. The monoisotopic (exact) mass is 267 g/mol. The molecule has 2 N–H and O–H groups in total. The molecule has 0 aromatic heterocycles. The second-order valence-electron chi connectivity index (χ2n) is 4.93. The van der Waals surface area contributed by atoms with Crippen molar-refractivity contribution in [3.8, 4) is 0 Å². The van der Waals surface area contributed by atoms with Gasteiger partial charge in [0.15, 0.2) is 0 Å². The summed E-state index contributed by atoms with van der Waals surface area (Å²) in [5, 5.41) is 0.800. The van der Waals surface area contributed by atoms with Crippen molar-refractivity contribution in [2.75, 3.05) is 37.6 Å². The summed E-state index contributed by atoms with van der Waals surface area (Å²) in [4.78, 5) is 4.95. The first-order chi connectivity index (χ1) is 8.70. The zero-order valence-electron chi connectivity index (χ0n) is 11.0. The normalized spacial score (nSPS) is 18.9. The minimum Gasteiger partial charge on any atom is -0.369 e. The standard InChI is InChI=1S/C14H22ClN3/c1-12(6-7-16)17-8-10-18(11-9-17)14-4-2-13(15)3-5-14/h2-5,12H,6-11,16H2,1H3. The molecule has 0 saturated carbocycles. The molecule has 1 saturated heterocycles. The average Bonchev–Trinajstić information content (AvgIpc) is 2.40. The average molecular weight is 268 g/mol. The number of halogens is 1. The van der Waals surface area contributed by atoms with Crippen molar-refractivity contribution in [3.05, 3.63) is 29.3 Å². The van der Waals surface area contributed by atoms with Gasteiger partial charge < -0.3 is 10.6 Å². The summed E-state index contributed by atoms with van der Waals surface area (Å²) < 4.78 is 0. The molecule has 0 amide bonds.